The number of aromatic nitrogens is 1. The van der Waals surface area contributed by atoms with Crippen molar-refractivity contribution < 1.29 is 4.92 Å². The monoisotopic (exact) mass is 337 g/mol. The van der Waals surface area contributed by atoms with Gasteiger partial charge in [0.1, 0.15) is 5.82 Å². The van der Waals surface area contributed by atoms with Crippen LogP contribution in [0.25, 0.3) is 21.9 Å². The first-order valence-corrected chi connectivity index (χ1v) is 8.11. The van der Waals surface area contributed by atoms with E-state index in [-0.39, 0.29) is 11.2 Å². The summed E-state index contributed by atoms with van der Waals surface area (Å²) in [5.74, 6) is 0.386. The predicted octanol–water partition coefficient (Wildman–Crippen LogP) is 3.88. The van der Waals surface area contributed by atoms with Crippen LogP contribution in [-0.4, -0.2) is 9.49 Å². The van der Waals surface area contributed by atoms with E-state index in [1.165, 1.54) is 16.7 Å². The number of non-ortho nitro benzene ring substituents is 1. The molecule has 2 aromatic carbocycles. The Morgan fingerprint density at radius 1 is 1.12 bits per heavy atom. The van der Waals surface area contributed by atoms with Gasteiger partial charge in [-0.3, -0.25) is 19.5 Å². The number of nitrogens with zero attached hydrogens (tertiary/aromatic N) is 2. The Morgan fingerprint density at radius 3 is 2.40 bits per heavy atom. The SMILES string of the molecule is CCCn1c(N)c(-c2ccc(C)cc2)c2ccc([N+](=O)[O-])cc2c1=O. The summed E-state index contributed by atoms with van der Waals surface area (Å²) in [6.45, 7) is 4.41. The molecule has 0 aliphatic carbocycles. The van der Waals surface area contributed by atoms with Gasteiger partial charge in [0.15, 0.2) is 0 Å². The predicted molar refractivity (Wildman–Crippen MR) is 99.7 cm³/mol. The second-order valence-electron chi connectivity index (χ2n) is 6.07. The van der Waals surface area contributed by atoms with Gasteiger partial charge in [0.05, 0.1) is 10.3 Å². The van der Waals surface area contributed by atoms with Gasteiger partial charge in [0.2, 0.25) is 0 Å². The molecule has 0 saturated carbocycles. The second-order valence-corrected chi connectivity index (χ2v) is 6.07. The van der Waals surface area contributed by atoms with Crippen molar-refractivity contribution >= 4 is 22.3 Å². The molecule has 0 spiro atoms. The highest BCUT2D eigenvalue weighted by atomic mass is 16.6. The lowest BCUT2D eigenvalue weighted by Gasteiger charge is -2.16. The number of benzene rings is 2. The van der Waals surface area contributed by atoms with Crippen LogP contribution in [-0.2, 0) is 6.54 Å². The van der Waals surface area contributed by atoms with E-state index in [1.54, 1.807) is 6.07 Å². The molecule has 0 atom stereocenters. The molecule has 6 heteroatoms. The van der Waals surface area contributed by atoms with E-state index in [0.717, 1.165) is 23.1 Å². The van der Waals surface area contributed by atoms with Gasteiger partial charge < -0.3 is 5.73 Å². The van der Waals surface area contributed by atoms with Crippen molar-refractivity contribution in [3.63, 3.8) is 0 Å². The van der Waals surface area contributed by atoms with Gasteiger partial charge >= 0.3 is 0 Å². The van der Waals surface area contributed by atoms with Crippen molar-refractivity contribution in [3.05, 3.63) is 68.5 Å². The molecule has 0 amide bonds. The molecule has 0 saturated heterocycles. The van der Waals surface area contributed by atoms with Gasteiger partial charge in [-0.15, -0.1) is 0 Å². The third-order valence-electron chi connectivity index (χ3n) is 4.29. The number of nitro groups is 1. The summed E-state index contributed by atoms with van der Waals surface area (Å²) >= 11 is 0. The van der Waals surface area contributed by atoms with Crippen LogP contribution >= 0.6 is 0 Å². The lowest BCUT2D eigenvalue weighted by molar-refractivity contribution is -0.384. The third-order valence-corrected chi connectivity index (χ3v) is 4.29. The van der Waals surface area contributed by atoms with Crippen molar-refractivity contribution in [3.8, 4) is 11.1 Å². The Hall–Kier alpha value is -3.15. The molecule has 0 aliphatic rings. The fourth-order valence-corrected chi connectivity index (χ4v) is 3.04. The van der Waals surface area contributed by atoms with Gasteiger partial charge in [-0.1, -0.05) is 36.8 Å². The Balaban J connectivity index is 2.43. The quantitative estimate of drug-likeness (QED) is 0.578. The van der Waals surface area contributed by atoms with Gasteiger partial charge in [-0.2, -0.15) is 0 Å². The zero-order chi connectivity index (χ0) is 18.1. The number of pyridine rings is 1. The topological polar surface area (TPSA) is 91.2 Å². The summed E-state index contributed by atoms with van der Waals surface area (Å²) in [6.07, 6.45) is 0.734. The molecule has 0 fully saturated rings. The van der Waals surface area contributed by atoms with Crippen molar-refractivity contribution in [2.24, 2.45) is 0 Å². The van der Waals surface area contributed by atoms with Crippen LogP contribution in [0.2, 0.25) is 0 Å². The van der Waals surface area contributed by atoms with Gasteiger partial charge in [0, 0.05) is 24.2 Å². The zero-order valence-electron chi connectivity index (χ0n) is 14.2. The number of hydrogen-bond donors (Lipinski definition) is 1. The summed E-state index contributed by atoms with van der Waals surface area (Å²) in [5.41, 5.74) is 8.66. The molecule has 128 valence electrons. The van der Waals surface area contributed by atoms with Crippen LogP contribution < -0.4 is 11.3 Å². The normalized spacial score (nSPS) is 11.0. The van der Waals surface area contributed by atoms with E-state index in [9.17, 15) is 14.9 Å². The average Bonchev–Trinajstić information content (AvgIpc) is 2.60. The van der Waals surface area contributed by atoms with Crippen LogP contribution in [0.1, 0.15) is 18.9 Å². The van der Waals surface area contributed by atoms with Crippen molar-refractivity contribution in [1.29, 1.82) is 0 Å². The molecule has 0 radical (unpaired) electrons. The van der Waals surface area contributed by atoms with E-state index in [0.29, 0.717) is 23.1 Å². The van der Waals surface area contributed by atoms with Gasteiger partial charge in [0.25, 0.3) is 11.2 Å². The number of fused-ring (bicyclic) bond motifs is 1. The maximum absolute atomic E-state index is 12.8. The molecular formula is C19H19N3O3. The van der Waals surface area contributed by atoms with E-state index >= 15 is 0 Å². The smallest absolute Gasteiger partial charge is 0.270 e. The summed E-state index contributed by atoms with van der Waals surface area (Å²) in [7, 11) is 0. The van der Waals surface area contributed by atoms with E-state index in [4.69, 9.17) is 5.73 Å². The highest BCUT2D eigenvalue weighted by Crippen LogP contribution is 2.34. The summed E-state index contributed by atoms with van der Waals surface area (Å²) in [4.78, 5) is 23.4. The first kappa shape index (κ1) is 16.7. The summed E-state index contributed by atoms with van der Waals surface area (Å²) < 4.78 is 1.50. The van der Waals surface area contributed by atoms with Crippen LogP contribution in [0.4, 0.5) is 11.5 Å². The number of nitro benzene ring substituents is 1. The lowest BCUT2D eigenvalue weighted by Crippen LogP contribution is -2.24. The minimum absolute atomic E-state index is 0.104. The van der Waals surface area contributed by atoms with Crippen LogP contribution in [0.3, 0.4) is 0 Å². The Labute approximate surface area is 144 Å². The maximum Gasteiger partial charge on any atom is 0.270 e. The van der Waals surface area contributed by atoms with Gasteiger partial charge in [-0.05, 0) is 30.4 Å². The van der Waals surface area contributed by atoms with Crippen molar-refractivity contribution in [2.45, 2.75) is 26.8 Å². The second kappa shape index (κ2) is 6.39. The Bertz CT molecular complexity index is 1020. The summed E-state index contributed by atoms with van der Waals surface area (Å²) in [5, 5.41) is 12.0. The molecule has 2 N–H and O–H groups in total. The van der Waals surface area contributed by atoms with Crippen molar-refractivity contribution in [2.75, 3.05) is 5.73 Å². The number of nitrogen functional groups attached to an aromatic ring is 1. The van der Waals surface area contributed by atoms with E-state index in [2.05, 4.69) is 0 Å². The van der Waals surface area contributed by atoms with Crippen LogP contribution in [0.5, 0.6) is 0 Å². The number of aryl methyl sites for hydroxylation is 1. The first-order chi connectivity index (χ1) is 11.9. The first-order valence-electron chi connectivity index (χ1n) is 8.11. The molecule has 6 nitrogen and oxygen atoms in total. The number of anilines is 1. The van der Waals surface area contributed by atoms with Gasteiger partial charge in [-0.25, -0.2) is 0 Å². The van der Waals surface area contributed by atoms with Crippen LogP contribution in [0, 0.1) is 17.0 Å². The Kier molecular flexibility index (Phi) is 4.27. The van der Waals surface area contributed by atoms with E-state index < -0.39 is 4.92 Å². The molecule has 25 heavy (non-hydrogen) atoms. The lowest BCUT2D eigenvalue weighted by atomic mass is 9.98. The molecule has 0 aliphatic heterocycles. The molecular weight excluding hydrogens is 318 g/mol. The molecule has 0 unspecified atom stereocenters. The fraction of sp³-hybridized carbons (Fsp3) is 0.211. The molecule has 3 rings (SSSR count). The van der Waals surface area contributed by atoms with E-state index in [1.807, 2.05) is 38.1 Å². The van der Waals surface area contributed by atoms with Crippen molar-refractivity contribution in [1.82, 2.24) is 4.57 Å². The minimum Gasteiger partial charge on any atom is -0.384 e. The number of nitrogens with two attached hydrogens (primary N) is 1. The van der Waals surface area contributed by atoms with Crippen LogP contribution in [0.15, 0.2) is 47.3 Å². The minimum atomic E-state index is -0.495. The molecule has 3 aromatic rings. The number of rotatable bonds is 4. The highest BCUT2D eigenvalue weighted by molar-refractivity contribution is 6.01. The molecule has 1 aromatic heterocycles. The fourth-order valence-electron chi connectivity index (χ4n) is 3.04. The zero-order valence-corrected chi connectivity index (χ0v) is 14.2. The number of hydrogen-bond acceptors (Lipinski definition) is 4. The largest absolute Gasteiger partial charge is 0.384 e. The summed E-state index contributed by atoms with van der Waals surface area (Å²) in [6, 6.07) is 12.2. The highest BCUT2D eigenvalue weighted by Gasteiger charge is 2.18. The molecule has 1 heterocycles. The third kappa shape index (κ3) is 2.87. The average molecular weight is 337 g/mol. The molecule has 0 bridgehead atoms. The standard InChI is InChI=1S/C19H19N3O3/c1-3-10-21-18(20)17(13-6-4-12(2)5-7-13)15-9-8-14(22(24)25)11-16(15)19(21)23/h4-9,11H,3,10,20H2,1-2H3. The Morgan fingerprint density at radius 2 is 1.80 bits per heavy atom. The maximum atomic E-state index is 12.8.